The van der Waals surface area contributed by atoms with Gasteiger partial charge in [-0.05, 0) is 98.7 Å². The van der Waals surface area contributed by atoms with E-state index in [1.807, 2.05) is 26.0 Å². The molecular weight excluding hydrogens is 1060 g/mol. The summed E-state index contributed by atoms with van der Waals surface area (Å²) in [6.45, 7) is 4.04. The Morgan fingerprint density at radius 1 is 0.855 bits per heavy atom. The number of carbonyl (C=O) groups excluding carboxylic acids is 7. The molecular formula is C53H62F2N5O12PS3. The Balaban J connectivity index is 0.852. The van der Waals surface area contributed by atoms with Crippen molar-refractivity contribution in [2.75, 3.05) is 51.0 Å². The van der Waals surface area contributed by atoms with Crippen LogP contribution in [-0.4, -0.2) is 124 Å². The fraction of sp³-hybridized carbons (Fsp3) is 0.509. The maximum Gasteiger partial charge on any atom is 0.404 e. The number of thioether (sulfide) groups is 2. The number of thiophene rings is 1. The van der Waals surface area contributed by atoms with Crippen LogP contribution >= 0.6 is 42.5 Å². The van der Waals surface area contributed by atoms with Gasteiger partial charge in [-0.2, -0.15) is 8.78 Å². The van der Waals surface area contributed by atoms with Crippen LogP contribution in [0.15, 0.2) is 67.0 Å². The summed E-state index contributed by atoms with van der Waals surface area (Å²) < 4.78 is 69.9. The first-order valence-electron chi connectivity index (χ1n) is 25.8. The number of aromatic nitrogens is 1. The zero-order valence-electron chi connectivity index (χ0n) is 42.3. The van der Waals surface area contributed by atoms with Crippen molar-refractivity contribution in [1.82, 2.24) is 25.4 Å². The van der Waals surface area contributed by atoms with Crippen molar-refractivity contribution >= 4 is 92.3 Å². The van der Waals surface area contributed by atoms with Crippen molar-refractivity contribution in [1.29, 1.82) is 0 Å². The molecule has 0 aliphatic carbocycles. The number of rotatable bonds is 24. The number of piperidine rings is 1. The molecule has 4 aliphatic rings. The quantitative estimate of drug-likeness (QED) is 0.0380. The highest BCUT2D eigenvalue weighted by Crippen LogP contribution is 2.67. The average Bonchev–Trinajstić information content (AvgIpc) is 4.00. The Morgan fingerprint density at radius 3 is 2.24 bits per heavy atom. The monoisotopic (exact) mass is 1130 g/mol. The first kappa shape index (κ1) is 56.9. The summed E-state index contributed by atoms with van der Waals surface area (Å²) >= 11 is 2.82. The highest BCUT2D eigenvalue weighted by Gasteiger charge is 2.55. The average molecular weight is 1130 g/mol. The van der Waals surface area contributed by atoms with E-state index in [1.54, 1.807) is 40.4 Å². The van der Waals surface area contributed by atoms with Crippen LogP contribution in [0.5, 0.6) is 11.5 Å². The second-order valence-electron chi connectivity index (χ2n) is 19.1. The molecule has 0 bridgehead atoms. The van der Waals surface area contributed by atoms with Gasteiger partial charge >= 0.3 is 13.3 Å². The van der Waals surface area contributed by atoms with Gasteiger partial charge in [0.2, 0.25) is 23.6 Å². The molecule has 76 heavy (non-hydrogen) atoms. The zero-order chi connectivity index (χ0) is 54.0. The van der Waals surface area contributed by atoms with Gasteiger partial charge in [-0.15, -0.1) is 11.3 Å². The molecule has 17 nitrogen and oxygen atoms in total. The van der Waals surface area contributed by atoms with E-state index in [1.165, 1.54) is 12.1 Å². The van der Waals surface area contributed by atoms with E-state index in [9.17, 15) is 38.1 Å². The predicted octanol–water partition coefficient (Wildman–Crippen LogP) is 8.94. The lowest BCUT2D eigenvalue weighted by atomic mass is 9.90. The zero-order valence-corrected chi connectivity index (χ0v) is 45.7. The molecule has 2 N–H and O–H groups in total. The third-order valence-electron chi connectivity index (χ3n) is 13.8. The van der Waals surface area contributed by atoms with Crippen molar-refractivity contribution < 1.29 is 65.4 Å². The molecule has 2 aromatic carbocycles. The molecule has 23 heteroatoms. The number of nitrogens with one attached hydrogen (secondary N) is 2. The third kappa shape index (κ3) is 13.5. The van der Waals surface area contributed by atoms with Gasteiger partial charge in [0, 0.05) is 84.0 Å². The summed E-state index contributed by atoms with van der Waals surface area (Å²) in [6.07, 6.45) is 8.71. The normalized spacial score (nSPS) is 20.2. The summed E-state index contributed by atoms with van der Waals surface area (Å²) in [6, 6.07) is 12.2. The highest BCUT2D eigenvalue weighted by molar-refractivity contribution is 8.13. The Kier molecular flexibility index (Phi) is 19.4. The van der Waals surface area contributed by atoms with Crippen LogP contribution in [0.25, 0.3) is 10.1 Å². The number of pyridine rings is 1. The topological polar surface area (TPSA) is 217 Å². The van der Waals surface area contributed by atoms with E-state index in [0.717, 1.165) is 58.1 Å². The molecule has 6 heterocycles. The van der Waals surface area contributed by atoms with Crippen LogP contribution in [-0.2, 0) is 48.0 Å². The highest BCUT2D eigenvalue weighted by atomic mass is 32.2. The van der Waals surface area contributed by atoms with Gasteiger partial charge in [-0.1, -0.05) is 55.6 Å². The number of benzene rings is 2. The molecule has 0 spiro atoms. The molecule has 5 amide bonds. The second-order valence-corrected chi connectivity index (χ2v) is 24.5. The maximum atomic E-state index is 16.4. The summed E-state index contributed by atoms with van der Waals surface area (Å²) in [5.74, 6) is -0.912. The maximum absolute atomic E-state index is 16.4. The minimum Gasteiger partial charge on any atom is -0.490 e. The van der Waals surface area contributed by atoms with Gasteiger partial charge in [-0.25, -0.2) is 0 Å². The molecule has 0 saturated carbocycles. The number of hydrogen-bond donors (Lipinski definition) is 2. The number of imide groups is 1. The lowest BCUT2D eigenvalue weighted by Gasteiger charge is -2.42. The predicted molar refractivity (Wildman–Crippen MR) is 285 cm³/mol. The lowest BCUT2D eigenvalue weighted by molar-refractivity contribution is -0.148. The summed E-state index contributed by atoms with van der Waals surface area (Å²) in [5.41, 5.74) is -3.18. The molecule has 4 fully saturated rings. The first-order valence-corrected chi connectivity index (χ1v) is 30.1. The van der Waals surface area contributed by atoms with Crippen LogP contribution in [0.3, 0.4) is 0 Å². The van der Waals surface area contributed by atoms with Crippen molar-refractivity contribution in [2.45, 2.75) is 120 Å². The van der Waals surface area contributed by atoms with Gasteiger partial charge in [0.1, 0.15) is 36.8 Å². The summed E-state index contributed by atoms with van der Waals surface area (Å²) in [7, 11) is -5.24. The minimum absolute atomic E-state index is 0.0209. The van der Waals surface area contributed by atoms with Gasteiger partial charge in [0.25, 0.3) is 5.91 Å². The largest absolute Gasteiger partial charge is 0.490 e. The number of nitrogens with zero attached hydrogens (tertiary/aromatic N) is 3. The number of ether oxygens (including phenoxy) is 2. The van der Waals surface area contributed by atoms with Crippen LogP contribution in [0, 0.1) is 0 Å². The number of fused-ring (bicyclic) bond motifs is 2. The van der Waals surface area contributed by atoms with Crippen LogP contribution < -0.4 is 20.1 Å². The van der Waals surface area contributed by atoms with Crippen LogP contribution in [0.2, 0.25) is 0 Å². The molecule has 4 aromatic rings. The SMILES string of the molecule is CCCC(=O)SCCOP(=O)(OCCSC(=O)CCC)C(F)(F)c1ccc2sc(C(=O)N[C@H]3CCC[C@H]4CC[C@@H](C(=O)N5CC(c6cnccc6OCCOc6ccc(C7CCC(=O)NC7=O)cc6)C5)N4C3=O)cc2c1. The van der Waals surface area contributed by atoms with E-state index in [0.29, 0.717) is 99.9 Å². The number of alkyl halides is 2. The van der Waals surface area contributed by atoms with Crippen molar-refractivity contribution in [3.8, 4) is 11.5 Å². The Labute approximate surface area is 452 Å². The fourth-order valence-electron chi connectivity index (χ4n) is 9.86. The van der Waals surface area contributed by atoms with Crippen LogP contribution in [0.1, 0.15) is 123 Å². The Morgan fingerprint density at radius 2 is 1.55 bits per heavy atom. The third-order valence-corrected chi connectivity index (χ3v) is 18.7. The molecule has 8 rings (SSSR count). The molecule has 0 radical (unpaired) electrons. The number of hydrogen-bond acceptors (Lipinski definition) is 16. The smallest absolute Gasteiger partial charge is 0.404 e. The van der Waals surface area contributed by atoms with Crippen molar-refractivity contribution in [3.05, 3.63) is 88.6 Å². The first-order chi connectivity index (χ1) is 36.6. The molecule has 408 valence electrons. The number of amides is 5. The van der Waals surface area contributed by atoms with E-state index in [4.69, 9.17) is 18.5 Å². The number of carbonyl (C=O) groups is 7. The number of halogens is 2. The molecule has 4 aliphatic heterocycles. The molecule has 2 aromatic heterocycles. The van der Waals surface area contributed by atoms with Gasteiger partial charge in [-0.3, -0.25) is 48.4 Å². The fourth-order valence-corrected chi connectivity index (χ4v) is 14.1. The van der Waals surface area contributed by atoms with Gasteiger partial charge in [0.15, 0.2) is 10.2 Å². The molecule has 4 atom stereocenters. The summed E-state index contributed by atoms with van der Waals surface area (Å²) in [4.78, 5) is 98.1. The lowest BCUT2D eigenvalue weighted by Crippen LogP contribution is -2.58. The van der Waals surface area contributed by atoms with Crippen LogP contribution in [0.4, 0.5) is 8.78 Å². The minimum atomic E-state index is -5.24. The Hall–Kier alpha value is -5.25. The van der Waals surface area contributed by atoms with Crippen molar-refractivity contribution in [2.24, 2.45) is 0 Å². The number of likely N-dealkylation sites (tertiary alicyclic amines) is 1. The van der Waals surface area contributed by atoms with E-state index < -0.39 is 50.0 Å². The van der Waals surface area contributed by atoms with E-state index in [2.05, 4.69) is 15.6 Å². The van der Waals surface area contributed by atoms with Gasteiger partial charge in [0.05, 0.1) is 24.0 Å². The molecule has 4 saturated heterocycles. The van der Waals surface area contributed by atoms with E-state index >= 15 is 8.78 Å². The standard InChI is InChI=1S/C53H62F2N5O12PS3/c1-3-6-47(62)74-26-24-71-73(68,72-25-27-75-48(63)7-4-2)53(54,55)36-12-18-44-34(28-36)29-45(76-44)50(65)57-41-9-5-8-37-13-17-42(60(37)51(41)66)52(67)59-31-35(32-59)40-30-56-21-20-43(40)70-23-22-69-38-14-10-33(11-15-38)39-16-19-46(61)58-49(39)64/h10-12,14-15,18,20-21,28-30,35,37,39,41-42H,3-9,13,16-17,19,22-27,31-32H2,1-2H3,(H,57,65)(H,58,61,64)/t37-,39?,41-,42-/m0/s1. The van der Waals surface area contributed by atoms with Crippen molar-refractivity contribution in [3.63, 3.8) is 0 Å². The second kappa shape index (κ2) is 25.9. The Bertz CT molecular complexity index is 2800. The molecule has 1 unspecified atom stereocenters. The van der Waals surface area contributed by atoms with Gasteiger partial charge < -0.3 is 33.6 Å². The van der Waals surface area contributed by atoms with E-state index in [-0.39, 0.29) is 86.7 Å². The summed E-state index contributed by atoms with van der Waals surface area (Å²) in [5, 5.41) is 5.22.